The van der Waals surface area contributed by atoms with Crippen molar-refractivity contribution in [2.75, 3.05) is 11.9 Å². The highest BCUT2D eigenvalue weighted by Crippen LogP contribution is 2.39. The molecular formula is C27H25F2N3O3. The molecule has 0 fully saturated rings. The third-order valence-corrected chi connectivity index (χ3v) is 6.08. The maximum atomic E-state index is 13.4. The fourth-order valence-electron chi connectivity index (χ4n) is 4.42. The van der Waals surface area contributed by atoms with Gasteiger partial charge in [0.25, 0.3) is 0 Å². The third kappa shape index (κ3) is 5.21. The second kappa shape index (κ2) is 10.0. The molecule has 3 atom stereocenters. The number of benzene rings is 3. The van der Waals surface area contributed by atoms with Crippen molar-refractivity contribution in [1.82, 2.24) is 10.6 Å². The second-order valence-electron chi connectivity index (χ2n) is 8.57. The van der Waals surface area contributed by atoms with E-state index in [9.17, 15) is 23.2 Å². The monoisotopic (exact) mass is 477 g/mol. The van der Waals surface area contributed by atoms with Gasteiger partial charge in [0.1, 0.15) is 23.7 Å². The van der Waals surface area contributed by atoms with Gasteiger partial charge in [-0.1, -0.05) is 48.5 Å². The van der Waals surface area contributed by atoms with Gasteiger partial charge in [-0.25, -0.2) is 8.78 Å². The highest BCUT2D eigenvalue weighted by molar-refractivity contribution is 6.03. The topological polar surface area (TPSA) is 78.5 Å². The maximum Gasteiger partial charge on any atom is 0.250 e. The number of nitrogens with one attached hydrogen (secondary N) is 2. The van der Waals surface area contributed by atoms with Gasteiger partial charge in [-0.05, 0) is 41.8 Å². The molecule has 1 aliphatic heterocycles. The van der Waals surface area contributed by atoms with E-state index in [0.29, 0.717) is 0 Å². The Morgan fingerprint density at radius 3 is 2.29 bits per heavy atom. The van der Waals surface area contributed by atoms with Crippen LogP contribution in [0.1, 0.15) is 29.5 Å². The first-order chi connectivity index (χ1) is 16.7. The van der Waals surface area contributed by atoms with Crippen LogP contribution in [0.5, 0.6) is 0 Å². The van der Waals surface area contributed by atoms with Crippen molar-refractivity contribution < 1.29 is 23.2 Å². The molecule has 180 valence electrons. The summed E-state index contributed by atoms with van der Waals surface area (Å²) >= 11 is 0. The second-order valence-corrected chi connectivity index (χ2v) is 8.57. The highest BCUT2D eigenvalue weighted by atomic mass is 19.1. The lowest BCUT2D eigenvalue weighted by Gasteiger charge is -2.38. The summed E-state index contributed by atoms with van der Waals surface area (Å²) in [5, 5.41) is 5.35. The normalized spacial score (nSPS) is 17.9. The minimum atomic E-state index is -0.979. The first-order valence-corrected chi connectivity index (χ1v) is 11.2. The van der Waals surface area contributed by atoms with E-state index in [2.05, 4.69) is 10.6 Å². The first kappa shape index (κ1) is 24.1. The summed E-state index contributed by atoms with van der Waals surface area (Å²) in [4.78, 5) is 40.3. The Bertz CT molecular complexity index is 1250. The molecule has 0 spiro atoms. The number of rotatable bonds is 6. The number of amides is 3. The molecule has 3 amide bonds. The van der Waals surface area contributed by atoms with Gasteiger partial charge in [0.15, 0.2) is 0 Å². The number of halogens is 2. The van der Waals surface area contributed by atoms with Gasteiger partial charge in [0, 0.05) is 24.7 Å². The molecule has 0 bridgehead atoms. The molecule has 0 radical (unpaired) electrons. The van der Waals surface area contributed by atoms with Gasteiger partial charge in [0.2, 0.25) is 17.7 Å². The maximum absolute atomic E-state index is 13.4. The zero-order valence-corrected chi connectivity index (χ0v) is 19.3. The van der Waals surface area contributed by atoms with E-state index in [4.69, 9.17) is 0 Å². The Hall–Kier alpha value is -4.07. The van der Waals surface area contributed by atoms with Crippen molar-refractivity contribution >= 4 is 23.4 Å². The number of hydrogen-bond acceptors (Lipinski definition) is 3. The summed E-state index contributed by atoms with van der Waals surface area (Å²) in [6, 6.07) is 17.9. The van der Waals surface area contributed by atoms with Crippen LogP contribution in [0.15, 0.2) is 72.8 Å². The lowest BCUT2D eigenvalue weighted by molar-refractivity contribution is -0.131. The molecule has 35 heavy (non-hydrogen) atoms. The van der Waals surface area contributed by atoms with Gasteiger partial charge in [-0.2, -0.15) is 0 Å². The standard InChI is InChI=1S/C27H25F2N3O3/c1-16(30-23(33)14-17-12-19(28)15-20(29)13-17)26(34)31-25-24(18-8-4-3-5-9-18)21-10-6-7-11-22(21)32(2)27(25)35/h3-13,15-16,24-25H,14H2,1-2H3,(H,30,33)(H,31,34)/t16-,24-,25+/m0/s1. The molecule has 1 heterocycles. The molecular weight excluding hydrogens is 452 g/mol. The van der Waals surface area contributed by atoms with Gasteiger partial charge >= 0.3 is 0 Å². The number of anilines is 1. The van der Waals surface area contributed by atoms with Crippen LogP contribution in [0.3, 0.4) is 0 Å². The molecule has 0 saturated carbocycles. The van der Waals surface area contributed by atoms with Crippen molar-refractivity contribution in [3.05, 3.63) is 101 Å². The summed E-state index contributed by atoms with van der Waals surface area (Å²) < 4.78 is 26.8. The number of carbonyl (C=O) groups excluding carboxylic acids is 3. The molecule has 4 rings (SSSR count). The Morgan fingerprint density at radius 2 is 1.60 bits per heavy atom. The van der Waals surface area contributed by atoms with Crippen LogP contribution in [-0.4, -0.2) is 36.9 Å². The highest BCUT2D eigenvalue weighted by Gasteiger charge is 2.41. The summed E-state index contributed by atoms with van der Waals surface area (Å²) in [7, 11) is 1.66. The SMILES string of the molecule is C[C@H](NC(=O)Cc1cc(F)cc(F)c1)C(=O)N[C@H]1C(=O)N(C)c2ccccc2[C@@H]1c1ccccc1. The van der Waals surface area contributed by atoms with Gasteiger partial charge < -0.3 is 15.5 Å². The molecule has 1 aliphatic rings. The van der Waals surface area contributed by atoms with E-state index in [1.54, 1.807) is 7.05 Å². The molecule has 2 N–H and O–H groups in total. The fourth-order valence-corrected chi connectivity index (χ4v) is 4.42. The Morgan fingerprint density at radius 1 is 0.971 bits per heavy atom. The van der Waals surface area contributed by atoms with Crippen LogP contribution in [0, 0.1) is 11.6 Å². The van der Waals surface area contributed by atoms with E-state index >= 15 is 0 Å². The Labute approximate surface area is 201 Å². The molecule has 8 heteroatoms. The molecule has 3 aromatic rings. The lowest BCUT2D eigenvalue weighted by Crippen LogP contribution is -2.57. The van der Waals surface area contributed by atoms with E-state index in [-0.39, 0.29) is 17.9 Å². The smallest absolute Gasteiger partial charge is 0.250 e. The number of hydrogen-bond donors (Lipinski definition) is 2. The van der Waals surface area contributed by atoms with Crippen molar-refractivity contribution in [3.8, 4) is 0 Å². The predicted octanol–water partition coefficient (Wildman–Crippen LogP) is 3.31. The largest absolute Gasteiger partial charge is 0.344 e. The lowest BCUT2D eigenvalue weighted by atomic mass is 9.80. The van der Waals surface area contributed by atoms with Gasteiger partial charge in [-0.3, -0.25) is 14.4 Å². The van der Waals surface area contributed by atoms with Crippen LogP contribution in [0.2, 0.25) is 0 Å². The molecule has 0 aliphatic carbocycles. The van der Waals surface area contributed by atoms with Crippen LogP contribution in [-0.2, 0) is 20.8 Å². The number of fused-ring (bicyclic) bond motifs is 1. The van der Waals surface area contributed by atoms with Crippen molar-refractivity contribution in [3.63, 3.8) is 0 Å². The van der Waals surface area contributed by atoms with Crippen molar-refractivity contribution in [2.24, 2.45) is 0 Å². The van der Waals surface area contributed by atoms with Crippen LogP contribution in [0.4, 0.5) is 14.5 Å². The van der Waals surface area contributed by atoms with Crippen molar-refractivity contribution in [2.45, 2.75) is 31.3 Å². The third-order valence-electron chi connectivity index (χ3n) is 6.08. The summed E-state index contributed by atoms with van der Waals surface area (Å²) in [6.07, 6.45) is -0.294. The Balaban J connectivity index is 1.52. The number of para-hydroxylation sites is 1. The summed E-state index contributed by atoms with van der Waals surface area (Å²) in [5.74, 6) is -3.39. The quantitative estimate of drug-likeness (QED) is 0.572. The number of likely N-dealkylation sites (N-methyl/N-ethyl adjacent to an activating group) is 1. The van der Waals surface area contributed by atoms with Gasteiger partial charge in [0.05, 0.1) is 6.42 Å². The van der Waals surface area contributed by atoms with E-state index in [1.165, 1.54) is 11.8 Å². The van der Waals surface area contributed by atoms with E-state index in [0.717, 1.165) is 35.0 Å². The fraction of sp³-hybridized carbons (Fsp3) is 0.222. The van der Waals surface area contributed by atoms with Crippen molar-refractivity contribution in [1.29, 1.82) is 0 Å². The minimum absolute atomic E-state index is 0.150. The average Bonchev–Trinajstić information content (AvgIpc) is 2.82. The summed E-state index contributed by atoms with van der Waals surface area (Å²) in [5.41, 5.74) is 2.69. The van der Waals surface area contributed by atoms with Crippen LogP contribution >= 0.6 is 0 Å². The van der Waals surface area contributed by atoms with Crippen LogP contribution < -0.4 is 15.5 Å². The summed E-state index contributed by atoms with van der Waals surface area (Å²) in [6.45, 7) is 1.49. The number of carbonyl (C=O) groups is 3. The van der Waals surface area contributed by atoms with E-state index in [1.807, 2.05) is 54.6 Å². The predicted molar refractivity (Wildman–Crippen MR) is 128 cm³/mol. The minimum Gasteiger partial charge on any atom is -0.344 e. The van der Waals surface area contributed by atoms with Gasteiger partial charge in [-0.15, -0.1) is 0 Å². The van der Waals surface area contributed by atoms with E-state index < -0.39 is 41.5 Å². The molecule has 0 saturated heterocycles. The Kier molecular flexibility index (Phi) is 6.91. The average molecular weight is 478 g/mol. The molecule has 6 nitrogen and oxygen atoms in total. The molecule has 3 aromatic carbocycles. The first-order valence-electron chi connectivity index (χ1n) is 11.2. The zero-order chi connectivity index (χ0) is 25.1. The number of nitrogens with zero attached hydrogens (tertiary/aromatic N) is 1. The zero-order valence-electron chi connectivity index (χ0n) is 19.3. The molecule has 0 aromatic heterocycles. The van der Waals surface area contributed by atoms with Crippen LogP contribution in [0.25, 0.3) is 0 Å². The molecule has 0 unspecified atom stereocenters.